The van der Waals surface area contributed by atoms with Crippen LogP contribution >= 0.6 is 23.2 Å². The third-order valence-electron chi connectivity index (χ3n) is 3.66. The maximum Gasteiger partial charge on any atom is 0.366 e. The average Bonchev–Trinajstić information content (AvgIpc) is 3.00. The molecule has 0 saturated carbocycles. The molecule has 1 aromatic carbocycles. The van der Waals surface area contributed by atoms with Crippen LogP contribution in [0.3, 0.4) is 0 Å². The van der Waals surface area contributed by atoms with Gasteiger partial charge in [-0.2, -0.15) is 13.9 Å². The SMILES string of the molecule is COc1ccc(Cn2nc(C(F)(F)Cl)cc2Cc2ncc(Cl)cn2)cc1. The summed E-state index contributed by atoms with van der Waals surface area (Å²) in [6.45, 7) is 0.292. The fourth-order valence-electron chi connectivity index (χ4n) is 2.37. The molecule has 2 heterocycles. The van der Waals surface area contributed by atoms with E-state index < -0.39 is 11.1 Å². The molecule has 0 aliphatic rings. The van der Waals surface area contributed by atoms with E-state index >= 15 is 0 Å². The lowest BCUT2D eigenvalue weighted by Crippen LogP contribution is -2.10. The zero-order chi connectivity index (χ0) is 18.7. The van der Waals surface area contributed by atoms with Crippen LogP contribution in [-0.4, -0.2) is 26.9 Å². The molecule has 0 atom stereocenters. The second-order valence-corrected chi connectivity index (χ2v) is 6.43. The van der Waals surface area contributed by atoms with Gasteiger partial charge in [0.05, 0.1) is 18.7 Å². The number of hydrogen-bond donors (Lipinski definition) is 0. The van der Waals surface area contributed by atoms with Crippen LogP contribution in [0.4, 0.5) is 8.78 Å². The third-order valence-corrected chi connectivity index (χ3v) is 4.05. The fraction of sp³-hybridized carbons (Fsp3) is 0.235. The predicted molar refractivity (Wildman–Crippen MR) is 93.9 cm³/mol. The summed E-state index contributed by atoms with van der Waals surface area (Å²) < 4.78 is 33.6. The molecule has 2 aromatic heterocycles. The van der Waals surface area contributed by atoms with E-state index in [-0.39, 0.29) is 6.42 Å². The Kier molecular flexibility index (Phi) is 5.38. The maximum absolute atomic E-state index is 13.5. The van der Waals surface area contributed by atoms with Gasteiger partial charge in [0.1, 0.15) is 17.3 Å². The first-order chi connectivity index (χ1) is 12.3. The lowest BCUT2D eigenvalue weighted by Gasteiger charge is -2.08. The average molecular weight is 399 g/mol. The van der Waals surface area contributed by atoms with Crippen molar-refractivity contribution in [3.63, 3.8) is 0 Å². The molecule has 26 heavy (non-hydrogen) atoms. The van der Waals surface area contributed by atoms with Gasteiger partial charge < -0.3 is 4.74 Å². The Bertz CT molecular complexity index is 877. The highest BCUT2D eigenvalue weighted by Crippen LogP contribution is 2.32. The van der Waals surface area contributed by atoms with Crippen molar-refractivity contribution in [2.45, 2.75) is 18.3 Å². The molecule has 136 valence electrons. The van der Waals surface area contributed by atoms with E-state index in [1.807, 2.05) is 12.1 Å². The molecule has 0 N–H and O–H groups in total. The van der Waals surface area contributed by atoms with Gasteiger partial charge in [0.2, 0.25) is 0 Å². The van der Waals surface area contributed by atoms with E-state index in [9.17, 15) is 8.78 Å². The molecule has 3 rings (SSSR count). The van der Waals surface area contributed by atoms with Crippen LogP contribution in [0, 0.1) is 0 Å². The molecule has 0 amide bonds. The Labute approximate surface area is 158 Å². The van der Waals surface area contributed by atoms with Crippen molar-refractivity contribution in [3.05, 3.63) is 70.5 Å². The van der Waals surface area contributed by atoms with Gasteiger partial charge in [0.25, 0.3) is 0 Å². The van der Waals surface area contributed by atoms with E-state index in [4.69, 9.17) is 27.9 Å². The monoisotopic (exact) mass is 398 g/mol. The van der Waals surface area contributed by atoms with Gasteiger partial charge in [-0.3, -0.25) is 4.68 Å². The Morgan fingerprint density at radius 3 is 2.38 bits per heavy atom. The van der Waals surface area contributed by atoms with Crippen LogP contribution in [-0.2, 0) is 18.3 Å². The molecular weight excluding hydrogens is 385 g/mol. The summed E-state index contributed by atoms with van der Waals surface area (Å²) in [6, 6.07) is 8.51. The molecule has 0 bridgehead atoms. The molecule has 0 aliphatic heterocycles. The standard InChI is InChI=1S/C17H14Cl2F2N4O/c1-26-14-4-2-11(3-5-14)10-25-13(6-15(24-25)17(19,20)21)7-16-22-8-12(18)9-23-16/h2-6,8-9H,7,10H2,1H3. The van der Waals surface area contributed by atoms with Gasteiger partial charge in [-0.25, -0.2) is 9.97 Å². The number of alkyl halides is 3. The van der Waals surface area contributed by atoms with Crippen molar-refractivity contribution in [3.8, 4) is 5.75 Å². The van der Waals surface area contributed by atoms with Gasteiger partial charge in [-0.05, 0) is 35.4 Å². The normalized spacial score (nSPS) is 11.6. The Hall–Kier alpha value is -2.25. The molecule has 0 aliphatic carbocycles. The summed E-state index contributed by atoms with van der Waals surface area (Å²) in [4.78, 5) is 8.19. The quantitative estimate of drug-likeness (QED) is 0.582. The summed E-state index contributed by atoms with van der Waals surface area (Å²) in [7, 11) is 1.57. The third kappa shape index (κ3) is 4.47. The number of methoxy groups -OCH3 is 1. The maximum atomic E-state index is 13.5. The van der Waals surface area contributed by atoms with Gasteiger partial charge >= 0.3 is 5.38 Å². The van der Waals surface area contributed by atoms with Gasteiger partial charge in [0.15, 0.2) is 0 Å². The van der Waals surface area contributed by atoms with Crippen LogP contribution in [0.5, 0.6) is 5.75 Å². The van der Waals surface area contributed by atoms with Crippen LogP contribution in [0.2, 0.25) is 5.02 Å². The van der Waals surface area contributed by atoms with Crippen molar-refractivity contribution < 1.29 is 13.5 Å². The molecule has 5 nitrogen and oxygen atoms in total. The summed E-state index contributed by atoms with van der Waals surface area (Å²) in [6.07, 6.45) is 3.11. The minimum Gasteiger partial charge on any atom is -0.497 e. The summed E-state index contributed by atoms with van der Waals surface area (Å²) in [5.41, 5.74) is 0.867. The zero-order valence-electron chi connectivity index (χ0n) is 13.7. The highest BCUT2D eigenvalue weighted by atomic mass is 35.5. The number of nitrogens with zero attached hydrogens (tertiary/aromatic N) is 4. The summed E-state index contributed by atoms with van der Waals surface area (Å²) in [5.74, 6) is 1.15. The van der Waals surface area contributed by atoms with Crippen LogP contribution in [0.15, 0.2) is 42.7 Å². The van der Waals surface area contributed by atoms with Crippen molar-refractivity contribution in [2.75, 3.05) is 7.11 Å². The minimum absolute atomic E-state index is 0.216. The first-order valence-corrected chi connectivity index (χ1v) is 8.34. The fourth-order valence-corrected chi connectivity index (χ4v) is 2.56. The first-order valence-electron chi connectivity index (χ1n) is 7.58. The number of ether oxygens (including phenoxy) is 1. The largest absolute Gasteiger partial charge is 0.497 e. The Morgan fingerprint density at radius 2 is 1.81 bits per heavy atom. The highest BCUT2D eigenvalue weighted by Gasteiger charge is 2.32. The predicted octanol–water partition coefficient (Wildman–Crippen LogP) is 4.26. The molecular formula is C17H14Cl2F2N4O. The first kappa shape index (κ1) is 18.5. The lowest BCUT2D eigenvalue weighted by atomic mass is 10.2. The minimum atomic E-state index is -3.55. The van der Waals surface area contributed by atoms with E-state index in [1.165, 1.54) is 23.1 Å². The molecule has 0 saturated heterocycles. The lowest BCUT2D eigenvalue weighted by molar-refractivity contribution is 0.0891. The van der Waals surface area contributed by atoms with E-state index in [1.54, 1.807) is 19.2 Å². The summed E-state index contributed by atoms with van der Waals surface area (Å²) in [5, 5.41) is 0.797. The van der Waals surface area contributed by atoms with E-state index in [0.29, 0.717) is 28.8 Å². The Morgan fingerprint density at radius 1 is 1.15 bits per heavy atom. The number of halogens is 4. The number of hydrogen-bond acceptors (Lipinski definition) is 4. The molecule has 0 radical (unpaired) electrons. The van der Waals surface area contributed by atoms with Gasteiger partial charge in [-0.1, -0.05) is 23.7 Å². The molecule has 3 aromatic rings. The number of rotatable bonds is 6. The van der Waals surface area contributed by atoms with Crippen molar-refractivity contribution in [2.24, 2.45) is 0 Å². The number of benzene rings is 1. The van der Waals surface area contributed by atoms with Crippen LogP contribution in [0.25, 0.3) is 0 Å². The second-order valence-electron chi connectivity index (χ2n) is 5.52. The van der Waals surface area contributed by atoms with Crippen LogP contribution in [0.1, 0.15) is 22.8 Å². The molecule has 0 fully saturated rings. The second kappa shape index (κ2) is 7.55. The highest BCUT2D eigenvalue weighted by molar-refractivity contribution is 6.30. The van der Waals surface area contributed by atoms with E-state index in [2.05, 4.69) is 15.1 Å². The van der Waals surface area contributed by atoms with Gasteiger partial charge in [0, 0.05) is 24.5 Å². The van der Waals surface area contributed by atoms with Crippen molar-refractivity contribution in [1.29, 1.82) is 0 Å². The smallest absolute Gasteiger partial charge is 0.366 e. The van der Waals surface area contributed by atoms with Gasteiger partial charge in [-0.15, -0.1) is 0 Å². The number of aromatic nitrogens is 4. The van der Waals surface area contributed by atoms with Crippen molar-refractivity contribution >= 4 is 23.2 Å². The summed E-state index contributed by atoms with van der Waals surface area (Å²) >= 11 is 10.9. The zero-order valence-corrected chi connectivity index (χ0v) is 15.2. The van der Waals surface area contributed by atoms with E-state index in [0.717, 1.165) is 5.56 Å². The molecule has 0 unspecified atom stereocenters. The van der Waals surface area contributed by atoms with Crippen LogP contribution < -0.4 is 4.74 Å². The molecule has 9 heteroatoms. The Balaban J connectivity index is 1.90. The topological polar surface area (TPSA) is 52.8 Å². The van der Waals surface area contributed by atoms with Crippen molar-refractivity contribution in [1.82, 2.24) is 19.7 Å². The molecule has 0 spiro atoms.